The van der Waals surface area contributed by atoms with Crippen molar-refractivity contribution in [2.45, 2.75) is 20.8 Å². The Labute approximate surface area is 167 Å². The number of fused-ring (bicyclic) bond motifs is 2. The molecule has 0 spiro atoms. The summed E-state index contributed by atoms with van der Waals surface area (Å²) in [5.74, 6) is 0.399. The number of hydrogen-bond donors (Lipinski definition) is 1. The van der Waals surface area contributed by atoms with E-state index < -0.39 is 0 Å². The molecule has 0 unspecified atom stereocenters. The van der Waals surface area contributed by atoms with Gasteiger partial charge in [-0.3, -0.25) is 9.59 Å². The summed E-state index contributed by atoms with van der Waals surface area (Å²) in [6.07, 6.45) is 0. The summed E-state index contributed by atoms with van der Waals surface area (Å²) in [5, 5.41) is 3.83. The van der Waals surface area contributed by atoms with Crippen LogP contribution >= 0.6 is 0 Å². The van der Waals surface area contributed by atoms with Crippen LogP contribution in [0.2, 0.25) is 0 Å². The Morgan fingerprint density at radius 1 is 0.966 bits per heavy atom. The number of amides is 1. The Bertz CT molecular complexity index is 1300. The van der Waals surface area contributed by atoms with Crippen molar-refractivity contribution >= 4 is 33.5 Å². The third kappa shape index (κ3) is 3.72. The minimum Gasteiger partial charge on any atom is -0.483 e. The van der Waals surface area contributed by atoms with Crippen LogP contribution in [0.4, 0.5) is 5.69 Å². The maximum Gasteiger partial charge on any atom is 0.262 e. The molecule has 0 aliphatic heterocycles. The highest BCUT2D eigenvalue weighted by molar-refractivity contribution is 5.96. The molecule has 0 aliphatic rings. The van der Waals surface area contributed by atoms with E-state index in [2.05, 4.69) is 5.32 Å². The van der Waals surface area contributed by atoms with Crippen molar-refractivity contribution in [2.75, 3.05) is 11.9 Å². The van der Waals surface area contributed by atoms with Crippen LogP contribution in [0.5, 0.6) is 5.75 Å². The van der Waals surface area contributed by atoms with Crippen LogP contribution in [0.1, 0.15) is 16.7 Å². The average molecular weight is 387 g/mol. The van der Waals surface area contributed by atoms with Crippen molar-refractivity contribution in [1.82, 2.24) is 0 Å². The summed E-state index contributed by atoms with van der Waals surface area (Å²) >= 11 is 0. The number of benzene rings is 3. The average Bonchev–Trinajstić information content (AvgIpc) is 2.69. The van der Waals surface area contributed by atoms with Gasteiger partial charge in [0, 0.05) is 11.8 Å². The lowest BCUT2D eigenvalue weighted by molar-refractivity contribution is -0.118. The van der Waals surface area contributed by atoms with Crippen LogP contribution in [0.15, 0.2) is 63.8 Å². The van der Waals surface area contributed by atoms with Gasteiger partial charge in [-0.2, -0.15) is 0 Å². The van der Waals surface area contributed by atoms with Gasteiger partial charge in [-0.25, -0.2) is 0 Å². The monoisotopic (exact) mass is 387 g/mol. The van der Waals surface area contributed by atoms with E-state index in [1.54, 1.807) is 24.3 Å². The smallest absolute Gasteiger partial charge is 0.262 e. The molecule has 29 heavy (non-hydrogen) atoms. The van der Waals surface area contributed by atoms with E-state index in [4.69, 9.17) is 9.15 Å². The van der Waals surface area contributed by atoms with Crippen LogP contribution in [0.25, 0.3) is 21.9 Å². The summed E-state index contributed by atoms with van der Waals surface area (Å²) in [5.41, 5.74) is 4.38. The quantitative estimate of drug-likeness (QED) is 0.506. The number of ether oxygens (including phenoxy) is 1. The Hall–Kier alpha value is -3.60. The van der Waals surface area contributed by atoms with Crippen LogP contribution in [0, 0.1) is 20.8 Å². The second-order valence-corrected chi connectivity index (χ2v) is 7.20. The number of para-hydroxylation sites is 1. The molecule has 0 saturated heterocycles. The van der Waals surface area contributed by atoms with Crippen LogP contribution in [0.3, 0.4) is 0 Å². The predicted molar refractivity (Wildman–Crippen MR) is 115 cm³/mol. The minimum absolute atomic E-state index is 0.0823. The van der Waals surface area contributed by atoms with Crippen LogP contribution in [-0.4, -0.2) is 12.5 Å². The van der Waals surface area contributed by atoms with Gasteiger partial charge in [0.15, 0.2) is 6.61 Å². The number of aryl methyl sites for hydroxylation is 3. The van der Waals surface area contributed by atoms with Crippen LogP contribution < -0.4 is 15.5 Å². The second-order valence-electron chi connectivity index (χ2n) is 7.20. The Balaban J connectivity index is 1.57. The fourth-order valence-electron chi connectivity index (χ4n) is 3.30. The summed E-state index contributed by atoms with van der Waals surface area (Å²) < 4.78 is 11.6. The largest absolute Gasteiger partial charge is 0.483 e. The fraction of sp³-hybridized carbons (Fsp3) is 0.167. The number of hydrogen-bond acceptors (Lipinski definition) is 4. The molecule has 0 fully saturated rings. The first kappa shape index (κ1) is 18.7. The van der Waals surface area contributed by atoms with Gasteiger partial charge < -0.3 is 14.5 Å². The number of carbonyl (C=O) groups is 1. The maximum absolute atomic E-state index is 12.7. The molecule has 0 radical (unpaired) electrons. The van der Waals surface area contributed by atoms with Gasteiger partial charge in [-0.05, 0) is 61.7 Å². The van der Waals surface area contributed by atoms with Gasteiger partial charge in [-0.15, -0.1) is 0 Å². The molecule has 4 aromatic rings. The van der Waals surface area contributed by atoms with Gasteiger partial charge >= 0.3 is 0 Å². The highest BCUT2D eigenvalue weighted by Crippen LogP contribution is 2.24. The zero-order valence-electron chi connectivity index (χ0n) is 16.5. The fourth-order valence-corrected chi connectivity index (χ4v) is 3.30. The Morgan fingerprint density at radius 2 is 1.79 bits per heavy atom. The van der Waals surface area contributed by atoms with Crippen molar-refractivity contribution in [3.63, 3.8) is 0 Å². The zero-order chi connectivity index (χ0) is 20.5. The normalized spacial score (nSPS) is 11.0. The topological polar surface area (TPSA) is 68.5 Å². The van der Waals surface area contributed by atoms with E-state index in [-0.39, 0.29) is 17.9 Å². The van der Waals surface area contributed by atoms with E-state index in [0.717, 1.165) is 16.7 Å². The summed E-state index contributed by atoms with van der Waals surface area (Å²) in [6, 6.07) is 16.4. The van der Waals surface area contributed by atoms with Crippen molar-refractivity contribution in [1.29, 1.82) is 0 Å². The number of rotatable bonds is 4. The molecule has 1 heterocycles. The first-order chi connectivity index (χ1) is 13.9. The number of anilines is 1. The van der Waals surface area contributed by atoms with Crippen LogP contribution in [-0.2, 0) is 4.79 Å². The van der Waals surface area contributed by atoms with Crippen molar-refractivity contribution in [2.24, 2.45) is 0 Å². The first-order valence-electron chi connectivity index (χ1n) is 9.38. The molecule has 0 aliphatic carbocycles. The Morgan fingerprint density at radius 3 is 2.62 bits per heavy atom. The molecular weight excluding hydrogens is 366 g/mol. The molecule has 1 aromatic heterocycles. The van der Waals surface area contributed by atoms with Gasteiger partial charge in [0.05, 0.1) is 10.8 Å². The molecule has 146 valence electrons. The molecule has 5 nitrogen and oxygen atoms in total. The van der Waals surface area contributed by atoms with Gasteiger partial charge in [-0.1, -0.05) is 24.3 Å². The SMILES string of the molecule is Cc1ccc(C)c(OCC(=O)Nc2ccc3c(=O)c4cccc(C)c4oc3c2)c1. The molecule has 1 amide bonds. The standard InChI is InChI=1S/C24H21NO4/c1-14-7-8-15(2)20(11-14)28-13-22(26)25-17-9-10-18-21(12-17)29-24-16(3)5-4-6-19(24)23(18)27/h4-12H,13H2,1-3H3,(H,25,26). The third-order valence-electron chi connectivity index (χ3n) is 4.88. The Kier molecular flexibility index (Phi) is 4.80. The predicted octanol–water partition coefficient (Wildman–Crippen LogP) is 4.89. The number of nitrogens with one attached hydrogen (secondary N) is 1. The van der Waals surface area contributed by atoms with E-state index in [1.807, 2.05) is 51.1 Å². The molecule has 3 aromatic carbocycles. The van der Waals surface area contributed by atoms with E-state index in [9.17, 15) is 9.59 Å². The first-order valence-corrected chi connectivity index (χ1v) is 9.38. The molecule has 0 atom stereocenters. The summed E-state index contributed by atoms with van der Waals surface area (Å²) in [4.78, 5) is 25.0. The third-order valence-corrected chi connectivity index (χ3v) is 4.88. The summed E-state index contributed by atoms with van der Waals surface area (Å²) in [6.45, 7) is 5.70. The second kappa shape index (κ2) is 7.43. The van der Waals surface area contributed by atoms with Gasteiger partial charge in [0.1, 0.15) is 16.9 Å². The van der Waals surface area contributed by atoms with E-state index >= 15 is 0 Å². The molecule has 0 bridgehead atoms. The van der Waals surface area contributed by atoms with Crippen molar-refractivity contribution < 1.29 is 13.9 Å². The molecule has 0 saturated carbocycles. The number of carbonyl (C=O) groups excluding carboxylic acids is 1. The van der Waals surface area contributed by atoms with Crippen molar-refractivity contribution in [3.05, 3.63) is 81.5 Å². The van der Waals surface area contributed by atoms with Gasteiger partial charge in [0.25, 0.3) is 5.91 Å². The zero-order valence-corrected chi connectivity index (χ0v) is 16.5. The molecule has 5 heteroatoms. The van der Waals surface area contributed by atoms with E-state index in [1.165, 1.54) is 0 Å². The maximum atomic E-state index is 12.7. The highest BCUT2D eigenvalue weighted by Gasteiger charge is 2.11. The van der Waals surface area contributed by atoms with Crippen molar-refractivity contribution in [3.8, 4) is 5.75 Å². The lowest BCUT2D eigenvalue weighted by atomic mass is 10.1. The molecule has 1 N–H and O–H groups in total. The van der Waals surface area contributed by atoms with E-state index in [0.29, 0.717) is 33.4 Å². The minimum atomic E-state index is -0.287. The highest BCUT2D eigenvalue weighted by atomic mass is 16.5. The summed E-state index contributed by atoms with van der Waals surface area (Å²) in [7, 11) is 0. The lowest BCUT2D eigenvalue weighted by Gasteiger charge is -2.11. The van der Waals surface area contributed by atoms with Gasteiger partial charge in [0.2, 0.25) is 5.43 Å². The molecular formula is C24H21NO4. The lowest BCUT2D eigenvalue weighted by Crippen LogP contribution is -2.20. The molecule has 4 rings (SSSR count).